The fourth-order valence-corrected chi connectivity index (χ4v) is 4.50. The van der Waals surface area contributed by atoms with E-state index in [4.69, 9.17) is 9.47 Å². The zero-order chi connectivity index (χ0) is 18.6. The Labute approximate surface area is 161 Å². The van der Waals surface area contributed by atoms with Gasteiger partial charge in [-0.25, -0.2) is 9.78 Å². The quantitative estimate of drug-likeness (QED) is 0.775. The van der Waals surface area contributed by atoms with Crippen LogP contribution in [-0.4, -0.2) is 72.9 Å². The van der Waals surface area contributed by atoms with Crippen LogP contribution in [0.5, 0.6) is 5.88 Å². The van der Waals surface area contributed by atoms with Crippen LogP contribution in [0.1, 0.15) is 32.1 Å². The summed E-state index contributed by atoms with van der Waals surface area (Å²) in [6.45, 7) is 3.80. The molecule has 0 aromatic carbocycles. The number of pyridine rings is 1. The Kier molecular flexibility index (Phi) is 5.78. The Morgan fingerprint density at radius 2 is 2.15 bits per heavy atom. The summed E-state index contributed by atoms with van der Waals surface area (Å²) in [5.41, 5.74) is 0.615. The number of nitrogens with zero attached hydrogens (tertiary/aromatic N) is 3. The van der Waals surface area contributed by atoms with Crippen LogP contribution in [0.25, 0.3) is 0 Å². The van der Waals surface area contributed by atoms with Crippen molar-refractivity contribution in [3.8, 4) is 5.88 Å². The number of carbonyl (C=O) groups is 1. The van der Waals surface area contributed by atoms with Crippen molar-refractivity contribution in [2.75, 3.05) is 45.3 Å². The Bertz CT molecular complexity index is 652. The molecule has 0 bridgehead atoms. The highest BCUT2D eigenvalue weighted by Gasteiger charge is 2.42. The van der Waals surface area contributed by atoms with Crippen molar-refractivity contribution in [1.29, 1.82) is 0 Å². The van der Waals surface area contributed by atoms with Gasteiger partial charge in [0.05, 0.1) is 6.61 Å². The number of fused-ring (bicyclic) bond motifs is 1. The summed E-state index contributed by atoms with van der Waals surface area (Å²) in [4.78, 5) is 21.8. The maximum atomic E-state index is 12.8. The maximum absolute atomic E-state index is 12.8. The molecule has 1 aromatic heterocycles. The Morgan fingerprint density at radius 1 is 1.26 bits per heavy atom. The van der Waals surface area contributed by atoms with Gasteiger partial charge in [-0.15, -0.1) is 0 Å². The number of nitrogens with one attached hydrogen (secondary N) is 1. The Balaban J connectivity index is 1.35. The van der Waals surface area contributed by atoms with Crippen molar-refractivity contribution in [2.45, 2.75) is 44.2 Å². The number of urea groups is 1. The van der Waals surface area contributed by atoms with Crippen LogP contribution in [-0.2, 0) is 4.74 Å². The van der Waals surface area contributed by atoms with Crippen molar-refractivity contribution in [3.05, 3.63) is 18.3 Å². The van der Waals surface area contributed by atoms with Gasteiger partial charge in [0, 0.05) is 38.5 Å². The predicted molar refractivity (Wildman–Crippen MR) is 103 cm³/mol. The van der Waals surface area contributed by atoms with E-state index in [1.54, 1.807) is 19.4 Å². The van der Waals surface area contributed by atoms with Crippen LogP contribution in [0, 0.1) is 5.92 Å². The summed E-state index contributed by atoms with van der Waals surface area (Å²) in [7, 11) is 1.63. The normalized spacial score (nSPS) is 25.7. The monoisotopic (exact) mass is 374 g/mol. The number of carbonyl (C=O) groups excluding carboxylic acids is 1. The van der Waals surface area contributed by atoms with Crippen LogP contribution < -0.4 is 10.1 Å². The highest BCUT2D eigenvalue weighted by atomic mass is 16.5. The lowest BCUT2D eigenvalue weighted by molar-refractivity contribution is 0.0315. The smallest absolute Gasteiger partial charge is 0.322 e. The number of aromatic nitrogens is 1. The molecule has 4 rings (SSSR count). The summed E-state index contributed by atoms with van der Waals surface area (Å²) in [6.07, 6.45) is 7.96. The molecule has 2 saturated heterocycles. The number of likely N-dealkylation sites (tertiary alicyclic amines) is 2. The number of amides is 2. The molecule has 27 heavy (non-hydrogen) atoms. The van der Waals surface area contributed by atoms with E-state index >= 15 is 0 Å². The molecule has 2 aliphatic heterocycles. The van der Waals surface area contributed by atoms with Crippen LogP contribution in [0.15, 0.2) is 18.3 Å². The van der Waals surface area contributed by atoms with Gasteiger partial charge in [-0.3, -0.25) is 4.90 Å². The third-order valence-corrected chi connectivity index (χ3v) is 5.95. The zero-order valence-electron chi connectivity index (χ0n) is 16.1. The maximum Gasteiger partial charge on any atom is 0.322 e. The first-order valence-electron chi connectivity index (χ1n) is 10.1. The van der Waals surface area contributed by atoms with Crippen molar-refractivity contribution in [2.24, 2.45) is 5.92 Å². The molecule has 1 aromatic rings. The minimum absolute atomic E-state index is 0.0541. The zero-order valence-corrected chi connectivity index (χ0v) is 16.1. The number of methoxy groups -OCH3 is 1. The number of hydrogen-bond donors (Lipinski definition) is 1. The number of rotatable bonds is 6. The van der Waals surface area contributed by atoms with Crippen molar-refractivity contribution < 1.29 is 14.3 Å². The van der Waals surface area contributed by atoms with Gasteiger partial charge >= 0.3 is 6.03 Å². The molecule has 1 saturated carbocycles. The standard InChI is InChI=1S/C20H30N4O3/c1-26-12-13-27-19-17(5-2-9-21-19)22-20(25)23-11-8-18-15(14-23)4-3-10-24(18)16-6-7-16/h2,5,9,15-16,18H,3-4,6-8,10-14H2,1H3,(H,22,25). The van der Waals surface area contributed by atoms with E-state index in [0.29, 0.717) is 36.7 Å². The Morgan fingerprint density at radius 3 is 2.96 bits per heavy atom. The molecule has 148 valence electrons. The lowest BCUT2D eigenvalue weighted by atomic mass is 9.84. The van der Waals surface area contributed by atoms with E-state index in [0.717, 1.165) is 25.6 Å². The molecule has 3 fully saturated rings. The minimum atomic E-state index is -0.0541. The molecular weight excluding hydrogens is 344 g/mol. The third-order valence-electron chi connectivity index (χ3n) is 5.95. The van der Waals surface area contributed by atoms with Crippen molar-refractivity contribution in [3.63, 3.8) is 0 Å². The highest BCUT2D eigenvalue weighted by molar-refractivity contribution is 5.90. The molecule has 3 heterocycles. The average Bonchev–Trinajstić information content (AvgIpc) is 3.54. The van der Waals surface area contributed by atoms with Crippen LogP contribution in [0.4, 0.5) is 10.5 Å². The third kappa shape index (κ3) is 4.35. The van der Waals surface area contributed by atoms with E-state index in [2.05, 4.69) is 15.2 Å². The molecule has 7 heteroatoms. The number of hydrogen-bond acceptors (Lipinski definition) is 5. The summed E-state index contributed by atoms with van der Waals surface area (Å²) >= 11 is 0. The lowest BCUT2D eigenvalue weighted by Crippen LogP contribution is -2.56. The van der Waals surface area contributed by atoms with E-state index in [-0.39, 0.29) is 6.03 Å². The summed E-state index contributed by atoms with van der Waals surface area (Å²) in [5, 5.41) is 2.99. The highest BCUT2D eigenvalue weighted by Crippen LogP contribution is 2.38. The molecular formula is C20H30N4O3. The van der Waals surface area contributed by atoms with E-state index < -0.39 is 0 Å². The average molecular weight is 374 g/mol. The molecule has 1 N–H and O–H groups in total. The van der Waals surface area contributed by atoms with Gasteiger partial charge in [-0.05, 0) is 56.7 Å². The van der Waals surface area contributed by atoms with Gasteiger partial charge < -0.3 is 19.7 Å². The van der Waals surface area contributed by atoms with E-state index in [1.807, 2.05) is 11.0 Å². The van der Waals surface area contributed by atoms with Gasteiger partial charge in [-0.1, -0.05) is 0 Å². The number of anilines is 1. The SMILES string of the molecule is COCCOc1ncccc1NC(=O)N1CCC2C(CCCN2C2CC2)C1. The number of piperidine rings is 2. The van der Waals surface area contributed by atoms with Crippen LogP contribution in [0.2, 0.25) is 0 Å². The van der Waals surface area contributed by atoms with Gasteiger partial charge in [0.2, 0.25) is 5.88 Å². The van der Waals surface area contributed by atoms with Gasteiger partial charge in [0.1, 0.15) is 12.3 Å². The second kappa shape index (κ2) is 8.44. The predicted octanol–water partition coefficient (Wildman–Crippen LogP) is 2.59. The lowest BCUT2D eigenvalue weighted by Gasteiger charge is -2.47. The molecule has 7 nitrogen and oxygen atoms in total. The van der Waals surface area contributed by atoms with Crippen molar-refractivity contribution >= 4 is 11.7 Å². The van der Waals surface area contributed by atoms with Crippen LogP contribution >= 0.6 is 0 Å². The first kappa shape index (κ1) is 18.5. The van der Waals surface area contributed by atoms with Gasteiger partial charge in [-0.2, -0.15) is 0 Å². The summed E-state index contributed by atoms with van der Waals surface area (Å²) in [6, 6.07) is 5.07. The molecule has 2 amide bonds. The van der Waals surface area contributed by atoms with Gasteiger partial charge in [0.15, 0.2) is 0 Å². The fourth-order valence-electron chi connectivity index (χ4n) is 4.50. The molecule has 0 radical (unpaired) electrons. The summed E-state index contributed by atoms with van der Waals surface area (Å²) in [5.74, 6) is 1.04. The minimum Gasteiger partial charge on any atom is -0.474 e. The molecule has 0 spiro atoms. The topological polar surface area (TPSA) is 66.9 Å². The first-order valence-corrected chi connectivity index (χ1v) is 10.1. The Hall–Kier alpha value is -1.86. The first-order chi connectivity index (χ1) is 13.3. The second-order valence-corrected chi connectivity index (χ2v) is 7.80. The molecule has 2 unspecified atom stereocenters. The second-order valence-electron chi connectivity index (χ2n) is 7.80. The van der Waals surface area contributed by atoms with Crippen molar-refractivity contribution in [1.82, 2.24) is 14.8 Å². The van der Waals surface area contributed by atoms with E-state index in [1.165, 1.54) is 32.2 Å². The van der Waals surface area contributed by atoms with Crippen LogP contribution in [0.3, 0.4) is 0 Å². The van der Waals surface area contributed by atoms with Gasteiger partial charge in [0.25, 0.3) is 0 Å². The molecule has 1 aliphatic carbocycles. The fraction of sp³-hybridized carbons (Fsp3) is 0.700. The summed E-state index contributed by atoms with van der Waals surface area (Å²) < 4.78 is 10.6. The van der Waals surface area contributed by atoms with E-state index in [9.17, 15) is 4.79 Å². The number of ether oxygens (including phenoxy) is 2. The molecule has 2 atom stereocenters. The molecule has 3 aliphatic rings. The largest absolute Gasteiger partial charge is 0.474 e.